The molecular formula is C24H37F3N4O5S. The number of halogens is 3. The molecule has 210 valence electrons. The Morgan fingerprint density at radius 1 is 1.00 bits per heavy atom. The third kappa shape index (κ3) is 9.24. The molecule has 0 unspecified atom stereocenters. The Morgan fingerprint density at radius 3 is 2.08 bits per heavy atom. The van der Waals surface area contributed by atoms with Gasteiger partial charge in [-0.2, -0.15) is 17.5 Å². The largest absolute Gasteiger partial charge is 0.490 e. The highest BCUT2D eigenvalue weighted by molar-refractivity contribution is 7.89. The van der Waals surface area contributed by atoms with Crippen LogP contribution in [0.3, 0.4) is 0 Å². The molecule has 3 rings (SSSR count). The van der Waals surface area contributed by atoms with Crippen molar-refractivity contribution in [3.8, 4) is 0 Å². The molecule has 1 aromatic carbocycles. The molecule has 0 saturated carbocycles. The van der Waals surface area contributed by atoms with Gasteiger partial charge in [-0.25, -0.2) is 13.2 Å². The van der Waals surface area contributed by atoms with Gasteiger partial charge in [0.25, 0.3) is 0 Å². The number of sulfonamides is 1. The number of aryl methyl sites for hydroxylation is 3. The molecule has 0 spiro atoms. The number of carboxylic acids is 1. The van der Waals surface area contributed by atoms with E-state index in [0.717, 1.165) is 55.8 Å². The predicted molar refractivity (Wildman–Crippen MR) is 133 cm³/mol. The van der Waals surface area contributed by atoms with Crippen LogP contribution < -0.4 is 5.32 Å². The maximum Gasteiger partial charge on any atom is 0.490 e. The Balaban J connectivity index is 0.000000604. The van der Waals surface area contributed by atoms with Gasteiger partial charge >= 0.3 is 12.1 Å². The summed E-state index contributed by atoms with van der Waals surface area (Å²) in [5.74, 6) is -2.87. The van der Waals surface area contributed by atoms with E-state index < -0.39 is 22.2 Å². The lowest BCUT2D eigenvalue weighted by Crippen LogP contribution is -2.50. The number of carboxylic acid groups (broad SMARTS) is 1. The predicted octanol–water partition coefficient (Wildman–Crippen LogP) is 2.15. The van der Waals surface area contributed by atoms with Crippen molar-refractivity contribution < 1.29 is 36.3 Å². The minimum absolute atomic E-state index is 0.0886. The number of carbonyl (C=O) groups is 2. The van der Waals surface area contributed by atoms with E-state index in [4.69, 9.17) is 9.90 Å². The van der Waals surface area contributed by atoms with Gasteiger partial charge in [0.2, 0.25) is 15.9 Å². The molecule has 2 aliphatic rings. The number of alkyl halides is 3. The first kappa shape index (κ1) is 31.0. The van der Waals surface area contributed by atoms with Gasteiger partial charge in [-0.15, -0.1) is 0 Å². The van der Waals surface area contributed by atoms with E-state index in [0.29, 0.717) is 24.5 Å². The van der Waals surface area contributed by atoms with Crippen LogP contribution in [0, 0.1) is 20.8 Å². The van der Waals surface area contributed by atoms with E-state index in [2.05, 4.69) is 10.2 Å². The first-order valence-electron chi connectivity index (χ1n) is 12.3. The third-order valence-electron chi connectivity index (χ3n) is 6.51. The van der Waals surface area contributed by atoms with E-state index in [1.54, 1.807) is 11.0 Å². The second kappa shape index (κ2) is 13.5. The van der Waals surface area contributed by atoms with Crippen LogP contribution in [-0.4, -0.2) is 105 Å². The summed E-state index contributed by atoms with van der Waals surface area (Å²) in [6, 6.07) is 3.67. The fourth-order valence-electron chi connectivity index (χ4n) is 4.28. The van der Waals surface area contributed by atoms with Crippen molar-refractivity contribution in [1.82, 2.24) is 19.4 Å². The van der Waals surface area contributed by atoms with Crippen LogP contribution in [0.2, 0.25) is 0 Å². The molecule has 2 saturated heterocycles. The van der Waals surface area contributed by atoms with Crippen molar-refractivity contribution >= 4 is 21.9 Å². The van der Waals surface area contributed by atoms with Crippen LogP contribution in [0.1, 0.15) is 36.0 Å². The average Bonchev–Trinajstić information content (AvgIpc) is 3.34. The Labute approximate surface area is 216 Å². The summed E-state index contributed by atoms with van der Waals surface area (Å²) in [6.07, 6.45) is -1.92. The van der Waals surface area contributed by atoms with Crippen LogP contribution in [0.4, 0.5) is 13.2 Å². The molecule has 2 fully saturated rings. The molecule has 1 amide bonds. The smallest absolute Gasteiger partial charge is 0.475 e. The van der Waals surface area contributed by atoms with E-state index in [1.165, 1.54) is 17.1 Å². The van der Waals surface area contributed by atoms with Gasteiger partial charge in [0, 0.05) is 32.7 Å². The summed E-state index contributed by atoms with van der Waals surface area (Å²) < 4.78 is 60.3. The van der Waals surface area contributed by atoms with Crippen molar-refractivity contribution in [1.29, 1.82) is 0 Å². The van der Waals surface area contributed by atoms with Gasteiger partial charge < -0.3 is 20.2 Å². The highest BCUT2D eigenvalue weighted by Gasteiger charge is 2.38. The fraction of sp³-hybridized carbons (Fsp3) is 0.667. The summed E-state index contributed by atoms with van der Waals surface area (Å²) in [5.41, 5.74) is 2.76. The normalized spacial score (nSPS) is 17.0. The van der Waals surface area contributed by atoms with Gasteiger partial charge in [0.1, 0.15) is 0 Å². The standard InChI is InChI=1S/C22H36N4O3S.C2HF3O2/c1-18-15-20(3)21(16-19(18)2)30(28,29)26(12-6-11-24-9-4-5-10-24)17-22(27)25-13-7-23-8-14-25;3-2(4,5)1(6)7/h15-16,23H,4-14,17H2,1-3H3;(H,6,7). The molecule has 0 aromatic heterocycles. The van der Waals surface area contributed by atoms with Crippen molar-refractivity contribution in [3.63, 3.8) is 0 Å². The Bertz CT molecular complexity index is 1040. The second-order valence-electron chi connectivity index (χ2n) is 9.38. The van der Waals surface area contributed by atoms with Crippen molar-refractivity contribution in [2.45, 2.75) is 51.1 Å². The van der Waals surface area contributed by atoms with Gasteiger partial charge in [-0.05, 0) is 82.4 Å². The van der Waals surface area contributed by atoms with Crippen LogP contribution in [0.15, 0.2) is 17.0 Å². The summed E-state index contributed by atoms with van der Waals surface area (Å²) in [5, 5.41) is 10.4. The molecule has 9 nitrogen and oxygen atoms in total. The summed E-state index contributed by atoms with van der Waals surface area (Å²) in [4.78, 5) is 26.3. The Hall–Kier alpha value is -2.22. The zero-order chi connectivity index (χ0) is 27.8. The topological polar surface area (TPSA) is 110 Å². The SMILES string of the molecule is Cc1cc(C)c(S(=O)(=O)N(CCCN2CCCC2)CC(=O)N2CCNCC2)cc1C.O=C(O)C(F)(F)F. The molecule has 2 heterocycles. The van der Waals surface area contributed by atoms with E-state index in [9.17, 15) is 26.4 Å². The maximum absolute atomic E-state index is 13.6. The highest BCUT2D eigenvalue weighted by atomic mass is 32.2. The number of piperazine rings is 1. The molecule has 0 atom stereocenters. The number of carbonyl (C=O) groups excluding carboxylic acids is 1. The van der Waals surface area contributed by atoms with Crippen molar-refractivity contribution in [2.75, 3.05) is 58.9 Å². The molecule has 0 aliphatic carbocycles. The van der Waals surface area contributed by atoms with Gasteiger partial charge in [0.15, 0.2) is 0 Å². The monoisotopic (exact) mass is 550 g/mol. The number of benzene rings is 1. The lowest BCUT2D eigenvalue weighted by Gasteiger charge is -2.30. The minimum atomic E-state index is -5.08. The van der Waals surface area contributed by atoms with Gasteiger partial charge in [0.05, 0.1) is 11.4 Å². The number of hydrogen-bond donors (Lipinski definition) is 2. The van der Waals surface area contributed by atoms with E-state index in [1.807, 2.05) is 26.8 Å². The van der Waals surface area contributed by atoms with Gasteiger partial charge in [-0.1, -0.05) is 6.07 Å². The zero-order valence-electron chi connectivity index (χ0n) is 21.6. The third-order valence-corrected chi connectivity index (χ3v) is 8.50. The second-order valence-corrected chi connectivity index (χ2v) is 11.3. The molecular weight excluding hydrogens is 513 g/mol. The Morgan fingerprint density at radius 2 is 1.54 bits per heavy atom. The maximum atomic E-state index is 13.6. The minimum Gasteiger partial charge on any atom is -0.475 e. The fourth-order valence-corrected chi connectivity index (χ4v) is 6.00. The number of nitrogens with zero attached hydrogens (tertiary/aromatic N) is 3. The average molecular weight is 551 g/mol. The molecule has 0 radical (unpaired) electrons. The first-order valence-corrected chi connectivity index (χ1v) is 13.8. The highest BCUT2D eigenvalue weighted by Crippen LogP contribution is 2.24. The van der Waals surface area contributed by atoms with Gasteiger partial charge in [-0.3, -0.25) is 4.79 Å². The number of aliphatic carboxylic acids is 1. The molecule has 2 aliphatic heterocycles. The summed E-state index contributed by atoms with van der Waals surface area (Å²) >= 11 is 0. The molecule has 1 aromatic rings. The summed E-state index contributed by atoms with van der Waals surface area (Å²) in [7, 11) is -3.75. The van der Waals surface area contributed by atoms with Crippen molar-refractivity contribution in [3.05, 3.63) is 28.8 Å². The van der Waals surface area contributed by atoms with Crippen LogP contribution in [-0.2, 0) is 19.6 Å². The van der Waals surface area contributed by atoms with Crippen LogP contribution >= 0.6 is 0 Å². The van der Waals surface area contributed by atoms with Crippen LogP contribution in [0.25, 0.3) is 0 Å². The van der Waals surface area contributed by atoms with Crippen molar-refractivity contribution in [2.24, 2.45) is 0 Å². The lowest BCUT2D eigenvalue weighted by molar-refractivity contribution is -0.192. The lowest BCUT2D eigenvalue weighted by atomic mass is 10.1. The van der Waals surface area contributed by atoms with E-state index in [-0.39, 0.29) is 12.5 Å². The number of amides is 1. The molecule has 37 heavy (non-hydrogen) atoms. The number of hydrogen-bond acceptors (Lipinski definition) is 6. The zero-order valence-corrected chi connectivity index (χ0v) is 22.4. The van der Waals surface area contributed by atoms with Crippen LogP contribution in [0.5, 0.6) is 0 Å². The molecule has 0 bridgehead atoms. The number of nitrogens with one attached hydrogen (secondary N) is 1. The molecule has 2 N–H and O–H groups in total. The number of rotatable bonds is 8. The number of likely N-dealkylation sites (tertiary alicyclic amines) is 1. The van der Waals surface area contributed by atoms with E-state index >= 15 is 0 Å². The quantitative estimate of drug-likeness (QED) is 0.511. The summed E-state index contributed by atoms with van der Waals surface area (Å²) in [6.45, 7) is 11.8. The Kier molecular flexibility index (Phi) is 11.3. The molecule has 13 heteroatoms. The first-order chi connectivity index (χ1) is 17.2.